The van der Waals surface area contributed by atoms with E-state index in [-0.39, 0.29) is 10.8 Å². The lowest BCUT2D eigenvalue weighted by molar-refractivity contribution is 0.0954. The first-order valence-electron chi connectivity index (χ1n) is 10.8. The van der Waals surface area contributed by atoms with Gasteiger partial charge in [-0.1, -0.05) is 12.1 Å². The minimum Gasteiger partial charge on any atom is -0.371 e. The molecule has 2 aromatic carbocycles. The number of thiazole rings is 1. The van der Waals surface area contributed by atoms with Crippen molar-refractivity contribution in [3.8, 4) is 0 Å². The van der Waals surface area contributed by atoms with Gasteiger partial charge in [-0.3, -0.25) is 4.79 Å². The number of amides is 1. The van der Waals surface area contributed by atoms with Gasteiger partial charge in [0.2, 0.25) is 10.0 Å². The first-order valence-corrected chi connectivity index (χ1v) is 13.1. The molecule has 0 bridgehead atoms. The van der Waals surface area contributed by atoms with Gasteiger partial charge in [-0.2, -0.15) is 0 Å². The normalized spacial score (nSPS) is 14.8. The number of hydrogen-bond acceptors (Lipinski definition) is 6. The SMILES string of the molecule is CN(C)S(=O)(=O)c1ccc(N2CCCCC2)c(C(=O)NCCc2nc3ccccc3s2)c1. The number of aromatic nitrogens is 1. The molecule has 1 amide bonds. The zero-order valence-corrected chi connectivity index (χ0v) is 20.0. The van der Waals surface area contributed by atoms with Crippen LogP contribution in [0.1, 0.15) is 34.6 Å². The number of nitrogens with one attached hydrogen (secondary N) is 1. The van der Waals surface area contributed by atoms with Crippen LogP contribution in [0.4, 0.5) is 5.69 Å². The maximum absolute atomic E-state index is 13.2. The number of rotatable bonds is 7. The number of fused-ring (bicyclic) bond motifs is 1. The van der Waals surface area contributed by atoms with Crippen LogP contribution in [0.5, 0.6) is 0 Å². The molecule has 1 aliphatic heterocycles. The van der Waals surface area contributed by atoms with Gasteiger partial charge in [0.1, 0.15) is 0 Å². The van der Waals surface area contributed by atoms with E-state index in [1.165, 1.54) is 26.6 Å². The van der Waals surface area contributed by atoms with E-state index in [0.29, 0.717) is 18.5 Å². The van der Waals surface area contributed by atoms with Crippen LogP contribution in [0.2, 0.25) is 0 Å². The number of carbonyl (C=O) groups excluding carboxylic acids is 1. The molecule has 1 N–H and O–H groups in total. The summed E-state index contributed by atoms with van der Waals surface area (Å²) in [5, 5.41) is 3.94. The average Bonchev–Trinajstić information content (AvgIpc) is 3.22. The van der Waals surface area contributed by atoms with Crippen LogP contribution in [0.15, 0.2) is 47.4 Å². The molecule has 0 unspecified atom stereocenters. The van der Waals surface area contributed by atoms with Gasteiger partial charge in [0.25, 0.3) is 5.91 Å². The van der Waals surface area contributed by atoms with Crippen molar-refractivity contribution in [2.24, 2.45) is 0 Å². The summed E-state index contributed by atoms with van der Waals surface area (Å²) in [5.74, 6) is -0.262. The van der Waals surface area contributed by atoms with Crippen LogP contribution in [-0.4, -0.2) is 57.3 Å². The van der Waals surface area contributed by atoms with E-state index >= 15 is 0 Å². The number of piperidine rings is 1. The monoisotopic (exact) mass is 472 g/mol. The average molecular weight is 473 g/mol. The van der Waals surface area contributed by atoms with Gasteiger partial charge < -0.3 is 10.2 Å². The first-order chi connectivity index (χ1) is 15.4. The molecule has 0 radical (unpaired) electrons. The molecule has 0 spiro atoms. The molecular weight excluding hydrogens is 444 g/mol. The van der Waals surface area contributed by atoms with E-state index in [1.807, 2.05) is 24.3 Å². The van der Waals surface area contributed by atoms with Gasteiger partial charge in [-0.15, -0.1) is 11.3 Å². The Morgan fingerprint density at radius 2 is 1.88 bits per heavy atom. The molecule has 0 atom stereocenters. The lowest BCUT2D eigenvalue weighted by Crippen LogP contribution is -2.33. The lowest BCUT2D eigenvalue weighted by atomic mass is 10.1. The Hall–Kier alpha value is -2.49. The topological polar surface area (TPSA) is 82.6 Å². The molecule has 0 saturated carbocycles. The molecule has 4 rings (SSSR count). The lowest BCUT2D eigenvalue weighted by Gasteiger charge is -2.30. The molecule has 1 fully saturated rings. The van der Waals surface area contributed by atoms with E-state index in [2.05, 4.69) is 15.2 Å². The van der Waals surface area contributed by atoms with E-state index in [1.54, 1.807) is 23.5 Å². The summed E-state index contributed by atoms with van der Waals surface area (Å²) in [6.45, 7) is 2.17. The van der Waals surface area contributed by atoms with Crippen LogP contribution in [-0.2, 0) is 16.4 Å². The summed E-state index contributed by atoms with van der Waals surface area (Å²) < 4.78 is 27.6. The third kappa shape index (κ3) is 4.79. The molecule has 170 valence electrons. The fourth-order valence-corrected chi connectivity index (χ4v) is 5.78. The van der Waals surface area contributed by atoms with Gasteiger partial charge in [-0.25, -0.2) is 17.7 Å². The molecule has 1 aromatic heterocycles. The van der Waals surface area contributed by atoms with E-state index in [0.717, 1.165) is 51.1 Å². The molecule has 1 aliphatic rings. The van der Waals surface area contributed by atoms with Gasteiger partial charge >= 0.3 is 0 Å². The van der Waals surface area contributed by atoms with Gasteiger partial charge in [0.15, 0.2) is 0 Å². The Morgan fingerprint density at radius 3 is 2.59 bits per heavy atom. The third-order valence-electron chi connectivity index (χ3n) is 5.65. The zero-order chi connectivity index (χ0) is 22.7. The van der Waals surface area contributed by atoms with Crippen molar-refractivity contribution in [1.29, 1.82) is 0 Å². The third-order valence-corrected chi connectivity index (χ3v) is 8.56. The highest BCUT2D eigenvalue weighted by Gasteiger charge is 2.24. The predicted molar refractivity (Wildman–Crippen MR) is 129 cm³/mol. The van der Waals surface area contributed by atoms with Crippen LogP contribution in [0.3, 0.4) is 0 Å². The Labute approximate surface area is 193 Å². The van der Waals surface area contributed by atoms with Crippen molar-refractivity contribution in [2.75, 3.05) is 38.6 Å². The van der Waals surface area contributed by atoms with Crippen molar-refractivity contribution in [2.45, 2.75) is 30.6 Å². The zero-order valence-electron chi connectivity index (χ0n) is 18.4. The number of benzene rings is 2. The van der Waals surface area contributed by atoms with Crippen molar-refractivity contribution in [1.82, 2.24) is 14.6 Å². The van der Waals surface area contributed by atoms with Crippen molar-refractivity contribution < 1.29 is 13.2 Å². The summed E-state index contributed by atoms with van der Waals surface area (Å²) in [6, 6.07) is 12.8. The second kappa shape index (κ2) is 9.56. The first kappa shape index (κ1) is 22.7. The Morgan fingerprint density at radius 1 is 1.12 bits per heavy atom. The highest BCUT2D eigenvalue weighted by Crippen LogP contribution is 2.28. The van der Waals surface area contributed by atoms with E-state index in [4.69, 9.17) is 0 Å². The second-order valence-corrected chi connectivity index (χ2v) is 11.4. The van der Waals surface area contributed by atoms with Crippen LogP contribution in [0, 0.1) is 0 Å². The maximum Gasteiger partial charge on any atom is 0.253 e. The smallest absolute Gasteiger partial charge is 0.253 e. The Kier molecular flexibility index (Phi) is 6.78. The van der Waals surface area contributed by atoms with Crippen LogP contribution >= 0.6 is 11.3 Å². The van der Waals surface area contributed by atoms with Crippen LogP contribution in [0.25, 0.3) is 10.2 Å². The molecule has 2 heterocycles. The van der Waals surface area contributed by atoms with Crippen molar-refractivity contribution in [3.05, 3.63) is 53.0 Å². The summed E-state index contributed by atoms with van der Waals surface area (Å²) in [5.41, 5.74) is 2.16. The molecular formula is C23H28N4O3S2. The van der Waals surface area contributed by atoms with Gasteiger partial charge in [0, 0.05) is 45.8 Å². The highest BCUT2D eigenvalue weighted by atomic mass is 32.2. The molecule has 1 saturated heterocycles. The predicted octanol–water partition coefficient (Wildman–Crippen LogP) is 3.51. The fourth-order valence-electron chi connectivity index (χ4n) is 3.88. The van der Waals surface area contributed by atoms with E-state index in [9.17, 15) is 13.2 Å². The molecule has 7 nitrogen and oxygen atoms in total. The van der Waals surface area contributed by atoms with Crippen LogP contribution < -0.4 is 10.2 Å². The fraction of sp³-hybridized carbons (Fsp3) is 0.391. The quantitative estimate of drug-likeness (QED) is 0.569. The minimum absolute atomic E-state index is 0.125. The number of nitrogens with zero attached hydrogens (tertiary/aromatic N) is 3. The number of sulfonamides is 1. The number of anilines is 1. The molecule has 32 heavy (non-hydrogen) atoms. The number of para-hydroxylation sites is 1. The second-order valence-electron chi connectivity index (χ2n) is 8.10. The van der Waals surface area contributed by atoms with Crippen molar-refractivity contribution >= 4 is 43.2 Å². The number of hydrogen-bond donors (Lipinski definition) is 1. The summed E-state index contributed by atoms with van der Waals surface area (Å²) in [4.78, 5) is 20.1. The summed E-state index contributed by atoms with van der Waals surface area (Å²) in [6.07, 6.45) is 3.93. The largest absolute Gasteiger partial charge is 0.371 e. The van der Waals surface area contributed by atoms with Gasteiger partial charge in [0.05, 0.1) is 25.7 Å². The minimum atomic E-state index is -3.63. The summed E-state index contributed by atoms with van der Waals surface area (Å²) in [7, 11) is -0.649. The molecule has 3 aromatic rings. The molecule has 0 aliphatic carbocycles. The molecule has 9 heteroatoms. The van der Waals surface area contributed by atoms with E-state index < -0.39 is 10.0 Å². The Bertz CT molecular complexity index is 1180. The van der Waals surface area contributed by atoms with Crippen molar-refractivity contribution in [3.63, 3.8) is 0 Å². The highest BCUT2D eigenvalue weighted by molar-refractivity contribution is 7.89. The maximum atomic E-state index is 13.2. The summed E-state index contributed by atoms with van der Waals surface area (Å²) >= 11 is 1.62. The number of carbonyl (C=O) groups is 1. The van der Waals surface area contributed by atoms with Gasteiger partial charge in [-0.05, 0) is 49.6 Å². The standard InChI is InChI=1S/C23H28N4O3S2/c1-26(2)32(29,30)17-10-11-20(27-14-6-3-7-15-27)18(16-17)23(28)24-13-12-22-25-19-8-4-5-9-21(19)31-22/h4-5,8-11,16H,3,6-7,12-15H2,1-2H3,(H,24,28). The Balaban J connectivity index is 1.55.